The van der Waals surface area contributed by atoms with Crippen LogP contribution in [0.15, 0.2) is 35.2 Å². The van der Waals surface area contributed by atoms with E-state index in [-0.39, 0.29) is 10.8 Å². The monoisotopic (exact) mass is 463 g/mol. The largest absolute Gasteiger partial charge is 0.573 e. The zero-order valence-electron chi connectivity index (χ0n) is 13.0. The van der Waals surface area contributed by atoms with E-state index in [0.29, 0.717) is 9.90 Å². The maximum absolute atomic E-state index is 12.3. The number of thiophene rings is 1. The van der Waals surface area contributed by atoms with Crippen molar-refractivity contribution in [1.29, 1.82) is 0 Å². The van der Waals surface area contributed by atoms with Gasteiger partial charge in [0.1, 0.15) is 11.8 Å². The third-order valence-corrected chi connectivity index (χ3v) is 6.17. The van der Waals surface area contributed by atoms with E-state index in [1.807, 2.05) is 4.72 Å². The second kappa shape index (κ2) is 8.23. The summed E-state index contributed by atoms with van der Waals surface area (Å²) in [6, 6.07) is 3.17. The van der Waals surface area contributed by atoms with Gasteiger partial charge in [-0.25, -0.2) is 8.42 Å². The molecule has 0 aliphatic heterocycles. The maximum atomic E-state index is 12.3. The molecule has 0 aliphatic carbocycles. The number of hydrogen-bond acceptors (Lipinski definition) is 5. The molecule has 2 rings (SSSR count). The molecule has 0 bridgehead atoms. The van der Waals surface area contributed by atoms with Gasteiger partial charge in [0.25, 0.3) is 0 Å². The molecule has 0 saturated heterocycles. The first kappa shape index (κ1) is 21.8. The third kappa shape index (κ3) is 6.25. The Morgan fingerprint density at radius 2 is 1.85 bits per heavy atom. The zero-order chi connectivity index (χ0) is 20.4. The SMILES string of the molecule is O=C(O)C(Cc1cc(Cl)sc1Cl)NS(=O)(=O)c1ccc(OC(F)(F)F)cc1. The Bertz CT molecular complexity index is 929. The summed E-state index contributed by atoms with van der Waals surface area (Å²) in [7, 11) is -4.33. The van der Waals surface area contributed by atoms with E-state index in [4.69, 9.17) is 23.2 Å². The highest BCUT2D eigenvalue weighted by Gasteiger charge is 2.31. The average molecular weight is 464 g/mol. The fraction of sp³-hybridized carbons (Fsp3) is 0.214. The van der Waals surface area contributed by atoms with Gasteiger partial charge in [0, 0.05) is 6.42 Å². The van der Waals surface area contributed by atoms with Crippen LogP contribution in [0.2, 0.25) is 8.67 Å². The van der Waals surface area contributed by atoms with E-state index < -0.39 is 39.0 Å². The van der Waals surface area contributed by atoms with Crippen molar-refractivity contribution in [3.05, 3.63) is 44.6 Å². The fourth-order valence-electron chi connectivity index (χ4n) is 1.99. The van der Waals surface area contributed by atoms with Crippen LogP contribution in [0.4, 0.5) is 13.2 Å². The summed E-state index contributed by atoms with van der Waals surface area (Å²) in [6.07, 6.45) is -5.19. The van der Waals surface area contributed by atoms with Crippen molar-refractivity contribution in [3.63, 3.8) is 0 Å². The molecule has 13 heteroatoms. The molecular formula is C14H10Cl2F3NO5S2. The van der Waals surface area contributed by atoms with Gasteiger partial charge in [0.15, 0.2) is 0 Å². The number of halogens is 5. The molecule has 0 radical (unpaired) electrons. The molecule has 2 aromatic rings. The van der Waals surface area contributed by atoms with Crippen molar-refractivity contribution in [1.82, 2.24) is 4.72 Å². The van der Waals surface area contributed by atoms with Gasteiger partial charge in [-0.15, -0.1) is 24.5 Å². The molecule has 148 valence electrons. The number of carboxylic acids is 1. The van der Waals surface area contributed by atoms with E-state index >= 15 is 0 Å². The minimum Gasteiger partial charge on any atom is -0.480 e. The smallest absolute Gasteiger partial charge is 0.480 e. The van der Waals surface area contributed by atoms with Crippen LogP contribution < -0.4 is 9.46 Å². The van der Waals surface area contributed by atoms with Crippen molar-refractivity contribution >= 4 is 50.5 Å². The summed E-state index contributed by atoms with van der Waals surface area (Å²) < 4.78 is 67.2. The number of ether oxygens (including phenoxy) is 1. The van der Waals surface area contributed by atoms with E-state index in [9.17, 15) is 31.5 Å². The summed E-state index contributed by atoms with van der Waals surface area (Å²) in [5, 5.41) is 9.27. The van der Waals surface area contributed by atoms with Gasteiger partial charge < -0.3 is 9.84 Å². The van der Waals surface area contributed by atoms with E-state index in [0.717, 1.165) is 35.6 Å². The van der Waals surface area contributed by atoms with E-state index in [1.165, 1.54) is 6.07 Å². The standard InChI is InChI=1S/C14H10Cl2F3NO5S2/c15-11-6-7(12(16)26-11)5-10(13(21)22)20-27(23,24)9-3-1-8(2-4-9)25-14(17,18)19/h1-4,6,10,20H,5H2,(H,21,22). The van der Waals surface area contributed by atoms with Gasteiger partial charge in [-0.3, -0.25) is 4.79 Å². The highest BCUT2D eigenvalue weighted by Crippen LogP contribution is 2.32. The van der Waals surface area contributed by atoms with Crippen LogP contribution in [0, 0.1) is 0 Å². The Hall–Kier alpha value is -1.53. The number of nitrogens with one attached hydrogen (secondary N) is 1. The zero-order valence-corrected chi connectivity index (χ0v) is 16.1. The quantitative estimate of drug-likeness (QED) is 0.648. The molecule has 1 heterocycles. The number of alkyl halides is 3. The highest BCUT2D eigenvalue weighted by molar-refractivity contribution is 7.89. The van der Waals surface area contributed by atoms with E-state index in [1.54, 1.807) is 0 Å². The Balaban J connectivity index is 2.19. The summed E-state index contributed by atoms with van der Waals surface area (Å²) in [5.41, 5.74) is 0.343. The lowest BCUT2D eigenvalue weighted by Crippen LogP contribution is -2.42. The van der Waals surface area contributed by atoms with Crippen LogP contribution in [-0.2, 0) is 21.2 Å². The Labute approximate surface area is 165 Å². The first-order chi connectivity index (χ1) is 12.4. The summed E-state index contributed by atoms with van der Waals surface area (Å²) in [5.74, 6) is -2.08. The van der Waals surface area contributed by atoms with Gasteiger partial charge in [0.2, 0.25) is 10.0 Å². The molecule has 0 saturated carbocycles. The summed E-state index contributed by atoms with van der Waals surface area (Å²) in [4.78, 5) is 11.0. The summed E-state index contributed by atoms with van der Waals surface area (Å²) >= 11 is 12.7. The van der Waals surface area contributed by atoms with Gasteiger partial charge in [-0.1, -0.05) is 23.2 Å². The molecule has 1 aromatic carbocycles. The van der Waals surface area contributed by atoms with Crippen LogP contribution in [0.5, 0.6) is 5.75 Å². The highest BCUT2D eigenvalue weighted by atomic mass is 35.5. The molecule has 1 atom stereocenters. The number of aliphatic carboxylic acids is 1. The second-order valence-corrected chi connectivity index (χ2v) is 9.08. The Morgan fingerprint density at radius 3 is 2.30 bits per heavy atom. The van der Waals surface area contributed by atoms with Crippen molar-refractivity contribution < 1.29 is 36.2 Å². The van der Waals surface area contributed by atoms with Gasteiger partial charge >= 0.3 is 12.3 Å². The van der Waals surface area contributed by atoms with Crippen molar-refractivity contribution in [2.75, 3.05) is 0 Å². The van der Waals surface area contributed by atoms with Crippen molar-refractivity contribution in [3.8, 4) is 5.75 Å². The molecule has 0 spiro atoms. The van der Waals surface area contributed by atoms with Crippen molar-refractivity contribution in [2.45, 2.75) is 23.7 Å². The molecular weight excluding hydrogens is 454 g/mol. The number of carboxylic acid groups (broad SMARTS) is 1. The third-order valence-electron chi connectivity index (χ3n) is 3.11. The Morgan fingerprint density at radius 1 is 1.26 bits per heavy atom. The topological polar surface area (TPSA) is 92.7 Å². The molecule has 0 aliphatic rings. The molecule has 6 nitrogen and oxygen atoms in total. The molecule has 1 unspecified atom stereocenters. The molecule has 2 N–H and O–H groups in total. The minimum atomic E-state index is -4.92. The molecule has 1 aromatic heterocycles. The van der Waals surface area contributed by atoms with Crippen molar-refractivity contribution in [2.24, 2.45) is 0 Å². The Kier molecular flexibility index (Phi) is 6.63. The maximum Gasteiger partial charge on any atom is 0.573 e. The number of benzene rings is 1. The second-order valence-electron chi connectivity index (χ2n) is 5.08. The van der Waals surface area contributed by atoms with Crippen LogP contribution in [-0.4, -0.2) is 31.9 Å². The van der Waals surface area contributed by atoms with E-state index in [2.05, 4.69) is 4.74 Å². The number of rotatable bonds is 7. The number of carbonyl (C=O) groups is 1. The van der Waals surface area contributed by atoms with Crippen LogP contribution >= 0.6 is 34.5 Å². The normalized spacial score (nSPS) is 13.4. The number of sulfonamides is 1. The predicted molar refractivity (Wildman–Crippen MR) is 92.9 cm³/mol. The van der Waals surface area contributed by atoms with Gasteiger partial charge in [0.05, 0.1) is 13.6 Å². The average Bonchev–Trinajstić information content (AvgIpc) is 2.83. The first-order valence-electron chi connectivity index (χ1n) is 6.92. The molecule has 27 heavy (non-hydrogen) atoms. The lowest BCUT2D eigenvalue weighted by Gasteiger charge is -2.15. The van der Waals surface area contributed by atoms with Crippen LogP contribution in [0.25, 0.3) is 0 Å². The van der Waals surface area contributed by atoms with Gasteiger partial charge in [-0.2, -0.15) is 4.72 Å². The van der Waals surface area contributed by atoms with Gasteiger partial charge in [-0.05, 0) is 35.9 Å². The lowest BCUT2D eigenvalue weighted by atomic mass is 10.1. The predicted octanol–water partition coefficient (Wildman–Crippen LogP) is 3.93. The van der Waals surface area contributed by atoms with Crippen LogP contribution in [0.1, 0.15) is 5.56 Å². The number of hydrogen-bond donors (Lipinski definition) is 2. The lowest BCUT2D eigenvalue weighted by molar-refractivity contribution is -0.274. The minimum absolute atomic E-state index is 0.221. The van der Waals surface area contributed by atoms with Crippen LogP contribution in [0.3, 0.4) is 0 Å². The molecule has 0 amide bonds. The fourth-order valence-corrected chi connectivity index (χ4v) is 4.69. The molecule has 0 fully saturated rings. The summed E-state index contributed by atoms with van der Waals surface area (Å²) in [6.45, 7) is 0. The first-order valence-corrected chi connectivity index (χ1v) is 9.97.